The molecule has 4 rings (SSSR count). The van der Waals surface area contributed by atoms with E-state index < -0.39 is 0 Å². The van der Waals surface area contributed by atoms with Crippen LogP contribution in [0.15, 0.2) is 18.2 Å². The number of amides is 2. The first-order valence-corrected chi connectivity index (χ1v) is 11.5. The molecule has 1 saturated heterocycles. The number of methoxy groups -OCH3 is 1. The molecule has 1 N–H and O–H groups in total. The van der Waals surface area contributed by atoms with Gasteiger partial charge in [-0.05, 0) is 63.1 Å². The third kappa shape index (κ3) is 4.57. The van der Waals surface area contributed by atoms with Gasteiger partial charge in [-0.15, -0.1) is 0 Å². The van der Waals surface area contributed by atoms with Gasteiger partial charge in [0.2, 0.25) is 11.8 Å². The molecule has 3 aliphatic rings. The van der Waals surface area contributed by atoms with E-state index in [9.17, 15) is 9.59 Å². The fraction of sp³-hybridized carbons (Fsp3) is 0.667. The second-order valence-corrected chi connectivity index (χ2v) is 9.05. The molecule has 0 bridgehead atoms. The summed E-state index contributed by atoms with van der Waals surface area (Å²) in [6.07, 6.45) is 9.74. The normalized spacial score (nSPS) is 23.7. The van der Waals surface area contributed by atoms with Crippen molar-refractivity contribution in [3.63, 3.8) is 0 Å². The van der Waals surface area contributed by atoms with Gasteiger partial charge in [0.05, 0.1) is 25.2 Å². The van der Waals surface area contributed by atoms with Gasteiger partial charge in [0.25, 0.3) is 0 Å². The van der Waals surface area contributed by atoms with Crippen LogP contribution in [0.1, 0.15) is 76.3 Å². The van der Waals surface area contributed by atoms with Crippen molar-refractivity contribution in [1.82, 2.24) is 10.2 Å². The SMILES string of the molecule is COc1cc(C(C)NC(=O)C2CC(=O)N(C3CCCC3)C2)ccc1OC1CCCC1. The molecule has 0 spiro atoms. The summed E-state index contributed by atoms with van der Waals surface area (Å²) in [5.41, 5.74) is 0.968. The van der Waals surface area contributed by atoms with Gasteiger partial charge in [-0.2, -0.15) is 0 Å². The van der Waals surface area contributed by atoms with Crippen molar-refractivity contribution in [2.75, 3.05) is 13.7 Å². The Hall–Kier alpha value is -2.24. The number of hydrogen-bond acceptors (Lipinski definition) is 4. The summed E-state index contributed by atoms with van der Waals surface area (Å²) < 4.78 is 11.7. The third-order valence-electron chi connectivity index (χ3n) is 6.94. The average Bonchev–Trinajstić information content (AvgIpc) is 3.50. The zero-order valence-electron chi connectivity index (χ0n) is 18.2. The Morgan fingerprint density at radius 1 is 1.10 bits per heavy atom. The van der Waals surface area contributed by atoms with Crippen LogP contribution in [0.4, 0.5) is 0 Å². The molecule has 2 atom stereocenters. The maximum atomic E-state index is 12.8. The second-order valence-electron chi connectivity index (χ2n) is 9.05. The maximum Gasteiger partial charge on any atom is 0.225 e. The number of ether oxygens (including phenoxy) is 2. The molecule has 2 unspecified atom stereocenters. The molecule has 1 aromatic carbocycles. The number of nitrogens with one attached hydrogen (secondary N) is 1. The van der Waals surface area contributed by atoms with Crippen LogP contribution in [0, 0.1) is 5.92 Å². The van der Waals surface area contributed by atoms with Crippen molar-refractivity contribution in [3.8, 4) is 11.5 Å². The summed E-state index contributed by atoms with van der Waals surface area (Å²) in [4.78, 5) is 27.2. The Balaban J connectivity index is 1.36. The Morgan fingerprint density at radius 3 is 2.50 bits per heavy atom. The highest BCUT2D eigenvalue weighted by Gasteiger charge is 2.38. The van der Waals surface area contributed by atoms with Crippen LogP contribution >= 0.6 is 0 Å². The Kier molecular flexibility index (Phi) is 6.49. The van der Waals surface area contributed by atoms with Gasteiger partial charge >= 0.3 is 0 Å². The summed E-state index contributed by atoms with van der Waals surface area (Å²) in [6, 6.07) is 6.05. The lowest BCUT2D eigenvalue weighted by atomic mass is 10.0. The van der Waals surface area contributed by atoms with E-state index >= 15 is 0 Å². The van der Waals surface area contributed by atoms with Crippen molar-refractivity contribution in [2.24, 2.45) is 5.92 Å². The zero-order valence-corrected chi connectivity index (χ0v) is 18.2. The smallest absolute Gasteiger partial charge is 0.225 e. The zero-order chi connectivity index (χ0) is 21.1. The largest absolute Gasteiger partial charge is 0.493 e. The molecule has 0 aromatic heterocycles. The summed E-state index contributed by atoms with van der Waals surface area (Å²) in [5, 5.41) is 3.10. The van der Waals surface area contributed by atoms with Crippen LogP contribution in [0.25, 0.3) is 0 Å². The summed E-state index contributed by atoms with van der Waals surface area (Å²) in [7, 11) is 1.64. The molecule has 6 nitrogen and oxygen atoms in total. The van der Waals surface area contributed by atoms with E-state index in [-0.39, 0.29) is 29.9 Å². The molecule has 1 aromatic rings. The number of nitrogens with zero attached hydrogens (tertiary/aromatic N) is 1. The van der Waals surface area contributed by atoms with Crippen LogP contribution in [0.2, 0.25) is 0 Å². The van der Waals surface area contributed by atoms with E-state index in [1.54, 1.807) is 7.11 Å². The van der Waals surface area contributed by atoms with E-state index in [1.807, 2.05) is 30.0 Å². The van der Waals surface area contributed by atoms with Crippen LogP contribution < -0.4 is 14.8 Å². The number of carbonyl (C=O) groups is 2. The van der Waals surface area contributed by atoms with E-state index in [2.05, 4.69) is 5.32 Å². The molecular formula is C24H34N2O4. The van der Waals surface area contributed by atoms with Gasteiger partial charge in [-0.1, -0.05) is 18.9 Å². The van der Waals surface area contributed by atoms with E-state index in [0.29, 0.717) is 24.8 Å². The van der Waals surface area contributed by atoms with Crippen molar-refractivity contribution in [1.29, 1.82) is 0 Å². The molecule has 2 aliphatic carbocycles. The van der Waals surface area contributed by atoms with Crippen LogP contribution in [0.5, 0.6) is 11.5 Å². The quantitative estimate of drug-likeness (QED) is 0.733. The van der Waals surface area contributed by atoms with Crippen molar-refractivity contribution < 1.29 is 19.1 Å². The first-order chi connectivity index (χ1) is 14.5. The first kappa shape index (κ1) is 21.0. The summed E-state index contributed by atoms with van der Waals surface area (Å²) in [5.74, 6) is 1.29. The molecular weight excluding hydrogens is 380 g/mol. The van der Waals surface area contributed by atoms with Gasteiger partial charge in [-0.25, -0.2) is 0 Å². The number of likely N-dealkylation sites (tertiary alicyclic amines) is 1. The average molecular weight is 415 g/mol. The predicted octanol–water partition coefficient (Wildman–Crippen LogP) is 3.98. The molecule has 3 fully saturated rings. The topological polar surface area (TPSA) is 67.9 Å². The first-order valence-electron chi connectivity index (χ1n) is 11.5. The van der Waals surface area contributed by atoms with E-state index in [1.165, 1.54) is 25.7 Å². The minimum atomic E-state index is -0.257. The van der Waals surface area contributed by atoms with Crippen molar-refractivity contribution in [2.45, 2.75) is 82.9 Å². The molecule has 1 aliphatic heterocycles. The molecule has 6 heteroatoms. The van der Waals surface area contributed by atoms with Crippen molar-refractivity contribution >= 4 is 11.8 Å². The fourth-order valence-electron chi connectivity index (χ4n) is 5.13. The molecule has 2 amide bonds. The van der Waals surface area contributed by atoms with Crippen molar-refractivity contribution in [3.05, 3.63) is 23.8 Å². The summed E-state index contributed by atoms with van der Waals surface area (Å²) in [6.45, 7) is 2.52. The fourth-order valence-corrected chi connectivity index (χ4v) is 5.13. The molecule has 2 saturated carbocycles. The highest BCUT2D eigenvalue weighted by Crippen LogP contribution is 2.34. The number of rotatable bonds is 7. The molecule has 164 valence electrons. The molecule has 30 heavy (non-hydrogen) atoms. The molecule has 0 radical (unpaired) electrons. The highest BCUT2D eigenvalue weighted by atomic mass is 16.5. The lowest BCUT2D eigenvalue weighted by molar-refractivity contribution is -0.130. The third-order valence-corrected chi connectivity index (χ3v) is 6.94. The minimum Gasteiger partial charge on any atom is -0.493 e. The molecule has 1 heterocycles. The van der Waals surface area contributed by atoms with Gasteiger partial charge in [-0.3, -0.25) is 9.59 Å². The maximum absolute atomic E-state index is 12.8. The van der Waals surface area contributed by atoms with Gasteiger partial charge < -0.3 is 19.7 Å². The summed E-state index contributed by atoms with van der Waals surface area (Å²) >= 11 is 0. The predicted molar refractivity (Wildman–Crippen MR) is 115 cm³/mol. The van der Waals surface area contributed by atoms with Gasteiger partial charge in [0.15, 0.2) is 11.5 Å². The number of carbonyl (C=O) groups excluding carboxylic acids is 2. The lowest BCUT2D eigenvalue weighted by Gasteiger charge is -2.24. The Morgan fingerprint density at radius 2 is 1.80 bits per heavy atom. The van der Waals surface area contributed by atoms with Crippen LogP contribution in [-0.4, -0.2) is 42.5 Å². The van der Waals surface area contributed by atoms with Gasteiger partial charge in [0, 0.05) is 19.0 Å². The highest BCUT2D eigenvalue weighted by molar-refractivity contribution is 5.89. The lowest BCUT2D eigenvalue weighted by Crippen LogP contribution is -2.37. The Labute approximate surface area is 179 Å². The Bertz CT molecular complexity index is 768. The standard InChI is InChI=1S/C24H34N2O4/c1-16(17-11-12-21(22(13-17)29-2)30-20-9-5-6-10-20)25-24(28)18-14-23(27)26(15-18)19-7-3-4-8-19/h11-13,16,18-20H,3-10,14-15H2,1-2H3,(H,25,28). The van der Waals surface area contributed by atoms with E-state index in [0.717, 1.165) is 37.0 Å². The van der Waals surface area contributed by atoms with Gasteiger partial charge in [0.1, 0.15) is 0 Å². The van der Waals surface area contributed by atoms with E-state index in [4.69, 9.17) is 9.47 Å². The minimum absolute atomic E-state index is 0.0402. The second kappa shape index (κ2) is 9.27. The monoisotopic (exact) mass is 414 g/mol. The number of hydrogen-bond donors (Lipinski definition) is 1. The van der Waals surface area contributed by atoms with Crippen LogP contribution in [0.3, 0.4) is 0 Å². The number of benzene rings is 1. The van der Waals surface area contributed by atoms with Crippen LogP contribution in [-0.2, 0) is 9.59 Å².